The molecule has 0 bridgehead atoms. The van der Waals surface area contributed by atoms with Gasteiger partial charge < -0.3 is 15.1 Å². The van der Waals surface area contributed by atoms with E-state index in [0.29, 0.717) is 42.4 Å². The molecule has 1 aliphatic carbocycles. The van der Waals surface area contributed by atoms with Crippen LogP contribution in [0.4, 0.5) is 17.5 Å². The molecule has 0 aromatic carbocycles. The number of hydrogen-bond donors (Lipinski definition) is 1. The van der Waals surface area contributed by atoms with Crippen LogP contribution < -0.4 is 10.2 Å². The van der Waals surface area contributed by atoms with E-state index in [1.807, 2.05) is 10.7 Å². The highest BCUT2D eigenvalue weighted by Crippen LogP contribution is 2.34. The van der Waals surface area contributed by atoms with Crippen LogP contribution in [0.1, 0.15) is 39.2 Å². The summed E-state index contributed by atoms with van der Waals surface area (Å²) in [6, 6.07) is 3.77. The van der Waals surface area contributed by atoms with E-state index in [1.165, 1.54) is 12.4 Å². The number of pyridine rings is 1. The van der Waals surface area contributed by atoms with Gasteiger partial charge in [-0.1, -0.05) is 0 Å². The van der Waals surface area contributed by atoms with E-state index in [4.69, 9.17) is 5.10 Å². The maximum absolute atomic E-state index is 12.5. The number of amides is 1. The van der Waals surface area contributed by atoms with E-state index in [-0.39, 0.29) is 23.1 Å². The minimum atomic E-state index is -3.47. The van der Waals surface area contributed by atoms with E-state index in [2.05, 4.69) is 44.1 Å². The fraction of sp³-hybridized carbons (Fsp3) is 0.462. The highest BCUT2D eigenvalue weighted by atomic mass is 32.2. The minimum Gasteiger partial charge on any atom is -0.354 e. The summed E-state index contributed by atoms with van der Waals surface area (Å²) in [5, 5.41) is 12.8. The number of fused-ring (bicyclic) bond motifs is 1. The molecule has 2 fully saturated rings. The van der Waals surface area contributed by atoms with Gasteiger partial charge in [0, 0.05) is 51.7 Å². The van der Waals surface area contributed by atoms with Gasteiger partial charge in [-0.2, -0.15) is 14.3 Å². The highest BCUT2D eigenvalue weighted by Gasteiger charge is 2.38. The summed E-state index contributed by atoms with van der Waals surface area (Å²) in [4.78, 5) is 29.8. The third-order valence-electron chi connectivity index (χ3n) is 7.28. The van der Waals surface area contributed by atoms with Gasteiger partial charge in [-0.25, -0.2) is 23.4 Å². The first-order chi connectivity index (χ1) is 19.1. The monoisotopic (exact) mass is 564 g/mol. The van der Waals surface area contributed by atoms with Gasteiger partial charge in [-0.05, 0) is 39.2 Å². The fourth-order valence-corrected chi connectivity index (χ4v) is 6.48. The number of rotatable bonds is 8. The van der Waals surface area contributed by atoms with Crippen molar-refractivity contribution >= 4 is 44.3 Å². The molecule has 13 nitrogen and oxygen atoms in total. The molecule has 1 aliphatic heterocycles. The third-order valence-corrected chi connectivity index (χ3v) is 9.31. The van der Waals surface area contributed by atoms with Crippen LogP contribution in [0.3, 0.4) is 0 Å². The molecule has 5 heterocycles. The first kappa shape index (κ1) is 26.2. The molecule has 0 spiro atoms. The number of anilines is 3. The van der Waals surface area contributed by atoms with Crippen molar-refractivity contribution < 1.29 is 13.2 Å². The maximum Gasteiger partial charge on any atom is 0.256 e. The maximum atomic E-state index is 12.5. The average molecular weight is 565 g/mol. The molecule has 14 heteroatoms. The first-order valence-electron chi connectivity index (χ1n) is 13.4. The number of carbonyl (C=O) groups is 1. The highest BCUT2D eigenvalue weighted by molar-refractivity contribution is 7.90. The van der Waals surface area contributed by atoms with E-state index in [0.717, 1.165) is 33.8 Å². The van der Waals surface area contributed by atoms with Gasteiger partial charge >= 0.3 is 0 Å². The second kappa shape index (κ2) is 9.84. The largest absolute Gasteiger partial charge is 0.354 e. The van der Waals surface area contributed by atoms with Crippen molar-refractivity contribution in [1.29, 1.82) is 0 Å². The van der Waals surface area contributed by atoms with Crippen molar-refractivity contribution in [2.24, 2.45) is 5.92 Å². The summed E-state index contributed by atoms with van der Waals surface area (Å²) in [6.07, 6.45) is 8.44. The Morgan fingerprint density at radius 2 is 1.93 bits per heavy atom. The SMILES string of the molecule is CC(C)n1nc(N2CCC(C(=O)N(C)C)C2)c2cnc(Nc3ccnc(-c4cnn(S(=O)(=O)C5CC5)c4)n3)cc21. The number of aromatic nitrogens is 7. The van der Waals surface area contributed by atoms with Crippen molar-refractivity contribution in [2.75, 3.05) is 37.4 Å². The van der Waals surface area contributed by atoms with Crippen molar-refractivity contribution in [3.8, 4) is 11.4 Å². The predicted octanol–water partition coefficient (Wildman–Crippen LogP) is 2.66. The molecule has 1 N–H and O–H groups in total. The smallest absolute Gasteiger partial charge is 0.256 e. The van der Waals surface area contributed by atoms with Gasteiger partial charge in [0.2, 0.25) is 5.91 Å². The van der Waals surface area contributed by atoms with Crippen LogP contribution in [-0.4, -0.2) is 85.6 Å². The Bertz CT molecular complexity index is 1690. The van der Waals surface area contributed by atoms with Crippen molar-refractivity contribution in [2.45, 2.75) is 44.4 Å². The summed E-state index contributed by atoms with van der Waals surface area (Å²) in [5.74, 6) is 2.37. The summed E-state index contributed by atoms with van der Waals surface area (Å²) in [7, 11) is 0.117. The molecule has 1 saturated heterocycles. The normalized spacial score (nSPS) is 17.6. The molecule has 1 amide bonds. The molecule has 1 atom stereocenters. The lowest BCUT2D eigenvalue weighted by atomic mass is 10.1. The number of hydrogen-bond acceptors (Lipinski definition) is 10. The second-order valence-corrected chi connectivity index (χ2v) is 12.9. The van der Waals surface area contributed by atoms with Gasteiger partial charge in [0.25, 0.3) is 10.0 Å². The fourth-order valence-electron chi connectivity index (χ4n) is 5.01. The minimum absolute atomic E-state index is 0.0453. The summed E-state index contributed by atoms with van der Waals surface area (Å²) in [5.41, 5.74) is 1.43. The molecule has 2 aliphatic rings. The van der Waals surface area contributed by atoms with Gasteiger partial charge in [0.1, 0.15) is 11.6 Å². The van der Waals surface area contributed by atoms with E-state index < -0.39 is 10.0 Å². The molecule has 4 aromatic rings. The summed E-state index contributed by atoms with van der Waals surface area (Å²) >= 11 is 0. The summed E-state index contributed by atoms with van der Waals surface area (Å²) in [6.45, 7) is 5.54. The molecule has 210 valence electrons. The summed E-state index contributed by atoms with van der Waals surface area (Å²) < 4.78 is 28.0. The molecule has 40 heavy (non-hydrogen) atoms. The van der Waals surface area contributed by atoms with Crippen molar-refractivity contribution in [3.05, 3.63) is 36.9 Å². The molecule has 1 unspecified atom stereocenters. The van der Waals surface area contributed by atoms with Crippen LogP contribution in [0.2, 0.25) is 0 Å². The van der Waals surface area contributed by atoms with Crippen LogP contribution in [0.25, 0.3) is 22.3 Å². The number of carbonyl (C=O) groups excluding carboxylic acids is 1. The molecule has 4 aromatic heterocycles. The van der Waals surface area contributed by atoms with E-state index in [9.17, 15) is 13.2 Å². The zero-order chi connectivity index (χ0) is 28.2. The van der Waals surface area contributed by atoms with Gasteiger partial charge in [0.15, 0.2) is 11.6 Å². The lowest BCUT2D eigenvalue weighted by Gasteiger charge is -2.18. The van der Waals surface area contributed by atoms with Crippen LogP contribution in [0, 0.1) is 5.92 Å². The zero-order valence-electron chi connectivity index (χ0n) is 22.9. The first-order valence-corrected chi connectivity index (χ1v) is 14.9. The van der Waals surface area contributed by atoms with E-state index in [1.54, 1.807) is 37.5 Å². The topological polar surface area (TPSA) is 144 Å². The Balaban J connectivity index is 1.26. The van der Waals surface area contributed by atoms with Crippen molar-refractivity contribution in [3.63, 3.8) is 0 Å². The zero-order valence-corrected chi connectivity index (χ0v) is 23.7. The third kappa shape index (κ3) is 4.76. The predicted molar refractivity (Wildman–Crippen MR) is 151 cm³/mol. The Morgan fingerprint density at radius 3 is 2.65 bits per heavy atom. The van der Waals surface area contributed by atoms with Crippen LogP contribution in [0.5, 0.6) is 0 Å². The lowest BCUT2D eigenvalue weighted by molar-refractivity contribution is -0.132. The van der Waals surface area contributed by atoms with Gasteiger partial charge in [-0.15, -0.1) is 0 Å². The van der Waals surface area contributed by atoms with Crippen LogP contribution in [-0.2, 0) is 14.8 Å². The van der Waals surface area contributed by atoms with E-state index >= 15 is 0 Å². The quantitative estimate of drug-likeness (QED) is 0.339. The Kier molecular flexibility index (Phi) is 6.44. The molecule has 0 radical (unpaired) electrons. The average Bonchev–Trinajstić information content (AvgIpc) is 3.33. The second-order valence-electron chi connectivity index (χ2n) is 10.8. The Morgan fingerprint density at radius 1 is 1.12 bits per heavy atom. The Labute approximate surface area is 232 Å². The van der Waals surface area contributed by atoms with Crippen molar-refractivity contribution in [1.82, 2.24) is 38.8 Å². The standard InChI is InChI=1S/C26H32N10O3S/c1-16(2)36-21-11-23(28-13-20(21)25(32-36)34-10-8-17(14-34)26(37)33(3)4)30-22-7-9-27-24(31-22)18-12-29-35(15-18)40(38,39)19-5-6-19/h7,9,11-13,15-17,19H,5-6,8,10,14H2,1-4H3,(H,27,28,30,31). The van der Waals surface area contributed by atoms with Gasteiger partial charge in [0.05, 0.1) is 40.0 Å². The lowest BCUT2D eigenvalue weighted by Crippen LogP contribution is -2.32. The van der Waals surface area contributed by atoms with Gasteiger partial charge in [-0.3, -0.25) is 9.48 Å². The van der Waals surface area contributed by atoms with Crippen LogP contribution >= 0.6 is 0 Å². The number of nitrogens with zero attached hydrogens (tertiary/aromatic N) is 9. The molecule has 1 saturated carbocycles. The number of nitrogens with one attached hydrogen (secondary N) is 1. The Hall–Kier alpha value is -4.07. The molecular formula is C26H32N10O3S. The van der Waals surface area contributed by atoms with Crippen LogP contribution in [0.15, 0.2) is 36.9 Å². The molecular weight excluding hydrogens is 532 g/mol. The molecule has 6 rings (SSSR count).